The van der Waals surface area contributed by atoms with Crippen LogP contribution >= 0.6 is 0 Å². The minimum Gasteiger partial charge on any atom is -0.465 e. The van der Waals surface area contributed by atoms with Crippen LogP contribution in [0.5, 0.6) is 0 Å². The smallest absolute Gasteiger partial charge is 0.341 e. The van der Waals surface area contributed by atoms with Gasteiger partial charge in [0.15, 0.2) is 11.6 Å². The summed E-state index contributed by atoms with van der Waals surface area (Å²) in [7, 11) is 1.32. The number of methoxy groups -OCH3 is 1. The molecule has 144 valence electrons. The van der Waals surface area contributed by atoms with Crippen molar-refractivity contribution in [2.45, 2.75) is 6.10 Å². The molecule has 0 N–H and O–H groups in total. The quantitative estimate of drug-likeness (QED) is 0.642. The van der Waals surface area contributed by atoms with Crippen LogP contribution in [0.4, 0.5) is 14.6 Å². The maximum atomic E-state index is 13.6. The number of ether oxygens (including phenoxy) is 2. The third kappa shape index (κ3) is 3.41. The van der Waals surface area contributed by atoms with E-state index in [1.165, 1.54) is 13.2 Å². The van der Waals surface area contributed by atoms with Crippen LogP contribution in [0.1, 0.15) is 22.0 Å². The first-order valence-corrected chi connectivity index (χ1v) is 8.86. The van der Waals surface area contributed by atoms with Crippen LogP contribution in [0.25, 0.3) is 10.9 Å². The van der Waals surface area contributed by atoms with Crippen LogP contribution in [0, 0.1) is 11.6 Å². The molecule has 2 aromatic carbocycles. The molecule has 0 aliphatic carbocycles. The Morgan fingerprint density at radius 1 is 1.18 bits per heavy atom. The minimum absolute atomic E-state index is 0.348. The number of hydrogen-bond acceptors (Lipinski definition) is 5. The molecule has 7 heteroatoms. The molecule has 0 bridgehead atoms. The average molecular weight is 384 g/mol. The molecular formula is C21H18F2N2O3. The number of carbonyl (C=O) groups excluding carboxylic acids is 1. The topological polar surface area (TPSA) is 51.7 Å². The number of benzene rings is 2. The zero-order chi connectivity index (χ0) is 19.7. The molecule has 5 nitrogen and oxygen atoms in total. The summed E-state index contributed by atoms with van der Waals surface area (Å²) in [5, 5.41) is 0.831. The maximum absolute atomic E-state index is 13.6. The summed E-state index contributed by atoms with van der Waals surface area (Å²) in [6.45, 7) is 1.22. The highest BCUT2D eigenvalue weighted by Crippen LogP contribution is 2.30. The van der Waals surface area contributed by atoms with E-state index in [9.17, 15) is 13.6 Å². The SMILES string of the molecule is COC(=O)c1cc2ccccc2nc1N1CCO[C@@H](c2ccc(F)c(F)c2)C1. The van der Waals surface area contributed by atoms with Gasteiger partial charge in [0.25, 0.3) is 0 Å². The Balaban J connectivity index is 1.71. The van der Waals surface area contributed by atoms with Gasteiger partial charge in [0.05, 0.1) is 19.2 Å². The molecule has 1 fully saturated rings. The second kappa shape index (κ2) is 7.52. The molecule has 1 aromatic heterocycles. The first-order chi connectivity index (χ1) is 13.6. The number of rotatable bonds is 3. The molecule has 2 heterocycles. The van der Waals surface area contributed by atoms with E-state index in [-0.39, 0.29) is 0 Å². The van der Waals surface area contributed by atoms with Gasteiger partial charge >= 0.3 is 5.97 Å². The molecule has 3 aromatic rings. The third-order valence-corrected chi connectivity index (χ3v) is 4.79. The lowest BCUT2D eigenvalue weighted by atomic mass is 10.1. The molecule has 0 unspecified atom stereocenters. The first kappa shape index (κ1) is 18.3. The van der Waals surface area contributed by atoms with Gasteiger partial charge in [-0.3, -0.25) is 0 Å². The predicted molar refractivity (Wildman–Crippen MR) is 100 cm³/mol. The van der Waals surface area contributed by atoms with E-state index >= 15 is 0 Å². The van der Waals surface area contributed by atoms with Crippen LogP contribution in [-0.2, 0) is 9.47 Å². The van der Waals surface area contributed by atoms with Gasteiger partial charge in [0, 0.05) is 18.5 Å². The molecule has 0 spiro atoms. The van der Waals surface area contributed by atoms with Gasteiger partial charge in [-0.25, -0.2) is 18.6 Å². The predicted octanol–water partition coefficient (Wildman–Crippen LogP) is 3.88. The summed E-state index contributed by atoms with van der Waals surface area (Å²) in [6, 6.07) is 13.0. The number of esters is 1. The Hall–Kier alpha value is -3.06. The Morgan fingerprint density at radius 3 is 2.79 bits per heavy atom. The number of aromatic nitrogens is 1. The number of hydrogen-bond donors (Lipinski definition) is 0. The average Bonchev–Trinajstić information content (AvgIpc) is 2.74. The van der Waals surface area contributed by atoms with Crippen molar-refractivity contribution in [2.75, 3.05) is 31.7 Å². The van der Waals surface area contributed by atoms with E-state index in [2.05, 4.69) is 4.98 Å². The van der Waals surface area contributed by atoms with Crippen LogP contribution in [-0.4, -0.2) is 37.8 Å². The molecule has 28 heavy (non-hydrogen) atoms. The molecular weight excluding hydrogens is 366 g/mol. The Kier molecular flexibility index (Phi) is 4.92. The zero-order valence-electron chi connectivity index (χ0n) is 15.2. The summed E-state index contributed by atoms with van der Waals surface area (Å²) in [5.74, 6) is -1.82. The van der Waals surface area contributed by atoms with E-state index < -0.39 is 23.7 Å². The molecule has 1 saturated heterocycles. The fourth-order valence-electron chi connectivity index (χ4n) is 3.36. The Morgan fingerprint density at radius 2 is 2.00 bits per heavy atom. The lowest BCUT2D eigenvalue weighted by molar-refractivity contribution is 0.0389. The number of morpholine rings is 1. The maximum Gasteiger partial charge on any atom is 0.341 e. The van der Waals surface area contributed by atoms with Gasteiger partial charge < -0.3 is 14.4 Å². The van der Waals surface area contributed by atoms with Gasteiger partial charge in [0.2, 0.25) is 0 Å². The third-order valence-electron chi connectivity index (χ3n) is 4.79. The van der Waals surface area contributed by atoms with E-state index in [4.69, 9.17) is 9.47 Å². The molecule has 4 rings (SSSR count). The van der Waals surface area contributed by atoms with Gasteiger partial charge in [-0.05, 0) is 29.8 Å². The van der Waals surface area contributed by atoms with Crippen molar-refractivity contribution in [1.82, 2.24) is 4.98 Å². The van der Waals surface area contributed by atoms with Gasteiger partial charge in [-0.1, -0.05) is 24.3 Å². The number of para-hydroxylation sites is 1. The van der Waals surface area contributed by atoms with Crippen LogP contribution in [0.3, 0.4) is 0 Å². The fourth-order valence-corrected chi connectivity index (χ4v) is 3.36. The highest BCUT2D eigenvalue weighted by atomic mass is 19.2. The van der Waals surface area contributed by atoms with E-state index in [1.54, 1.807) is 6.07 Å². The summed E-state index contributed by atoms with van der Waals surface area (Å²) < 4.78 is 37.6. The second-order valence-corrected chi connectivity index (χ2v) is 6.52. The van der Waals surface area contributed by atoms with Crippen molar-refractivity contribution < 1.29 is 23.0 Å². The monoisotopic (exact) mass is 384 g/mol. The summed E-state index contributed by atoms with van der Waals surface area (Å²) in [5.41, 5.74) is 1.64. The number of halogens is 2. The minimum atomic E-state index is -0.919. The van der Waals surface area contributed by atoms with Crippen molar-refractivity contribution in [1.29, 1.82) is 0 Å². The summed E-state index contributed by atoms with van der Waals surface area (Å²) >= 11 is 0. The standard InChI is InChI=1S/C21H18F2N2O3/c1-27-21(26)15-10-13-4-2-3-5-18(13)24-20(15)25-8-9-28-19(12-25)14-6-7-16(22)17(23)11-14/h2-7,10-11,19H,8-9,12H2,1H3/t19-/m1/s1. The Labute approximate surface area is 160 Å². The van der Waals surface area contributed by atoms with Crippen molar-refractivity contribution in [2.24, 2.45) is 0 Å². The van der Waals surface area contributed by atoms with E-state index in [0.29, 0.717) is 36.6 Å². The van der Waals surface area contributed by atoms with Gasteiger partial charge in [0.1, 0.15) is 17.5 Å². The van der Waals surface area contributed by atoms with Crippen LogP contribution < -0.4 is 4.90 Å². The fraction of sp³-hybridized carbons (Fsp3) is 0.238. The summed E-state index contributed by atoms with van der Waals surface area (Å²) in [6.07, 6.45) is -0.470. The summed E-state index contributed by atoms with van der Waals surface area (Å²) in [4.78, 5) is 18.9. The van der Waals surface area contributed by atoms with Crippen molar-refractivity contribution >= 4 is 22.7 Å². The number of nitrogens with zero attached hydrogens (tertiary/aromatic N) is 2. The molecule has 1 aliphatic rings. The largest absolute Gasteiger partial charge is 0.465 e. The molecule has 1 atom stereocenters. The van der Waals surface area contributed by atoms with Crippen molar-refractivity contribution in [3.05, 3.63) is 71.3 Å². The molecule has 1 aliphatic heterocycles. The second-order valence-electron chi connectivity index (χ2n) is 6.52. The molecule has 0 radical (unpaired) electrons. The van der Waals surface area contributed by atoms with Crippen molar-refractivity contribution in [3.63, 3.8) is 0 Å². The van der Waals surface area contributed by atoms with Gasteiger partial charge in [-0.15, -0.1) is 0 Å². The highest BCUT2D eigenvalue weighted by molar-refractivity contribution is 5.99. The Bertz CT molecular complexity index is 1040. The number of carbonyl (C=O) groups is 1. The number of pyridine rings is 1. The van der Waals surface area contributed by atoms with Crippen LogP contribution in [0.2, 0.25) is 0 Å². The number of anilines is 1. The lowest BCUT2D eigenvalue weighted by Gasteiger charge is -2.34. The first-order valence-electron chi connectivity index (χ1n) is 8.86. The van der Waals surface area contributed by atoms with Gasteiger partial charge in [-0.2, -0.15) is 0 Å². The van der Waals surface area contributed by atoms with E-state index in [1.807, 2.05) is 29.2 Å². The molecule has 0 saturated carbocycles. The highest BCUT2D eigenvalue weighted by Gasteiger charge is 2.27. The van der Waals surface area contributed by atoms with Crippen molar-refractivity contribution in [3.8, 4) is 0 Å². The van der Waals surface area contributed by atoms with Crippen LogP contribution in [0.15, 0.2) is 48.5 Å². The zero-order valence-corrected chi connectivity index (χ0v) is 15.2. The normalized spacial score (nSPS) is 17.0. The number of fused-ring (bicyclic) bond motifs is 1. The molecule has 0 amide bonds. The lowest BCUT2D eigenvalue weighted by Crippen LogP contribution is -2.39. The van der Waals surface area contributed by atoms with E-state index in [0.717, 1.165) is 23.0 Å².